The summed E-state index contributed by atoms with van der Waals surface area (Å²) >= 11 is 0. The van der Waals surface area contributed by atoms with Crippen LogP contribution in [0.2, 0.25) is 0 Å². The summed E-state index contributed by atoms with van der Waals surface area (Å²) in [6.45, 7) is 7.31. The highest BCUT2D eigenvalue weighted by Gasteiger charge is 2.38. The van der Waals surface area contributed by atoms with Crippen LogP contribution >= 0.6 is 0 Å². The van der Waals surface area contributed by atoms with Crippen LogP contribution in [0.3, 0.4) is 0 Å². The van der Waals surface area contributed by atoms with Crippen molar-refractivity contribution in [2.75, 3.05) is 16.2 Å². The summed E-state index contributed by atoms with van der Waals surface area (Å²) in [4.78, 5) is 23.0. The van der Waals surface area contributed by atoms with Gasteiger partial charge in [0.2, 0.25) is 0 Å². The molecule has 40 heavy (non-hydrogen) atoms. The second kappa shape index (κ2) is 13.8. The van der Waals surface area contributed by atoms with Crippen LogP contribution in [0.1, 0.15) is 42.3 Å². The number of halogens is 3. The van der Waals surface area contributed by atoms with Crippen molar-refractivity contribution in [1.29, 1.82) is 0 Å². The van der Waals surface area contributed by atoms with Crippen molar-refractivity contribution in [2.24, 2.45) is 5.92 Å². The Kier molecular flexibility index (Phi) is 11.1. The number of nitrogens with one attached hydrogen (secondary N) is 1. The Balaban J connectivity index is 0.000000708. The Morgan fingerprint density at radius 2 is 1.50 bits per heavy atom. The first-order valence-electron chi connectivity index (χ1n) is 12.2. The molecule has 0 heterocycles. The average molecular weight is 581 g/mol. The smallest absolute Gasteiger partial charge is 0.478 e. The number of carboxylic acids is 2. The summed E-state index contributed by atoms with van der Waals surface area (Å²) in [5, 5.41) is 16.9. The van der Waals surface area contributed by atoms with Gasteiger partial charge >= 0.3 is 18.1 Å². The first kappa shape index (κ1) is 32.2. The lowest BCUT2D eigenvalue weighted by molar-refractivity contribution is -0.192. The van der Waals surface area contributed by atoms with Gasteiger partial charge in [0.25, 0.3) is 10.0 Å². The van der Waals surface area contributed by atoms with Crippen LogP contribution in [-0.2, 0) is 27.8 Å². The predicted octanol–water partition coefficient (Wildman–Crippen LogP) is 6.04. The van der Waals surface area contributed by atoms with E-state index < -0.39 is 28.1 Å². The molecule has 0 saturated heterocycles. The molecular formula is C28H31F3N2O6S. The molecule has 0 aliphatic heterocycles. The van der Waals surface area contributed by atoms with E-state index in [4.69, 9.17) is 9.90 Å². The Morgan fingerprint density at radius 1 is 0.925 bits per heavy atom. The maximum absolute atomic E-state index is 12.9. The molecule has 3 aromatic rings. The predicted molar refractivity (Wildman–Crippen MR) is 146 cm³/mol. The van der Waals surface area contributed by atoms with Gasteiger partial charge in [-0.05, 0) is 60.7 Å². The monoisotopic (exact) mass is 580 g/mol. The minimum absolute atomic E-state index is 0.0419. The minimum Gasteiger partial charge on any atom is -0.478 e. The normalized spacial score (nSPS) is 11.4. The molecule has 0 atom stereocenters. The van der Waals surface area contributed by atoms with Crippen molar-refractivity contribution < 1.29 is 41.4 Å². The first-order chi connectivity index (χ1) is 18.6. The number of aliphatic carboxylic acids is 1. The van der Waals surface area contributed by atoms with Gasteiger partial charge in [-0.2, -0.15) is 13.2 Å². The van der Waals surface area contributed by atoms with Gasteiger partial charge in [-0.3, -0.25) is 4.72 Å². The molecular weight excluding hydrogens is 549 g/mol. The number of sulfonamides is 1. The summed E-state index contributed by atoms with van der Waals surface area (Å²) < 4.78 is 60.0. The lowest BCUT2D eigenvalue weighted by Gasteiger charge is -2.25. The molecule has 0 aliphatic carbocycles. The molecule has 0 bridgehead atoms. The summed E-state index contributed by atoms with van der Waals surface area (Å²) in [6.07, 6.45) is -4.21. The van der Waals surface area contributed by atoms with Gasteiger partial charge in [0.15, 0.2) is 0 Å². The minimum atomic E-state index is -5.08. The van der Waals surface area contributed by atoms with Crippen molar-refractivity contribution in [1.82, 2.24) is 0 Å². The zero-order chi connectivity index (χ0) is 30.1. The summed E-state index contributed by atoms with van der Waals surface area (Å²) in [5.74, 6) is -3.40. The molecule has 3 rings (SSSR count). The number of carboxylic acid groups (broad SMARTS) is 2. The van der Waals surface area contributed by atoms with Crippen molar-refractivity contribution in [2.45, 2.75) is 44.8 Å². The summed E-state index contributed by atoms with van der Waals surface area (Å²) in [7, 11) is -3.84. The molecule has 0 unspecified atom stereocenters. The lowest BCUT2D eigenvalue weighted by atomic mass is 10.0. The highest BCUT2D eigenvalue weighted by molar-refractivity contribution is 7.92. The number of hydrogen-bond acceptors (Lipinski definition) is 5. The third-order valence-electron chi connectivity index (χ3n) is 5.54. The summed E-state index contributed by atoms with van der Waals surface area (Å²) in [6, 6.07) is 21.2. The van der Waals surface area contributed by atoms with E-state index in [0.29, 0.717) is 24.7 Å². The number of hydrogen-bond donors (Lipinski definition) is 3. The summed E-state index contributed by atoms with van der Waals surface area (Å²) in [5.41, 5.74) is 2.91. The number of aromatic carboxylic acids is 1. The van der Waals surface area contributed by atoms with Gasteiger partial charge in [-0.15, -0.1) is 0 Å². The highest BCUT2D eigenvalue weighted by Crippen LogP contribution is 2.27. The topological polar surface area (TPSA) is 124 Å². The number of rotatable bonds is 10. The van der Waals surface area contributed by atoms with E-state index in [1.54, 1.807) is 24.3 Å². The van der Waals surface area contributed by atoms with Gasteiger partial charge in [0.1, 0.15) is 0 Å². The standard InChI is InChI=1S/C26H30N2O4S.C2HF3O2/c1-4-28(18-21-8-6-5-7-9-21)25-15-12-22(17-24(25)26(29)30)27-33(31,32)23-13-10-20(11-14-23)16-19(2)3;3-2(4,5)1(6)7/h5-15,17,19,27H,4,16,18H2,1-3H3,(H,29,30);(H,6,7). The van der Waals surface area contributed by atoms with Crippen molar-refractivity contribution in [3.05, 3.63) is 89.5 Å². The molecule has 3 aromatic carbocycles. The molecule has 12 heteroatoms. The quantitative estimate of drug-likeness (QED) is 0.267. The molecule has 0 aromatic heterocycles. The van der Waals surface area contributed by atoms with Crippen LogP contribution in [0.25, 0.3) is 0 Å². The maximum atomic E-state index is 12.9. The molecule has 0 radical (unpaired) electrons. The number of carbonyl (C=O) groups is 2. The van der Waals surface area contributed by atoms with Crippen LogP contribution in [-0.4, -0.2) is 43.3 Å². The largest absolute Gasteiger partial charge is 0.490 e. The van der Waals surface area contributed by atoms with Gasteiger partial charge in [0, 0.05) is 18.8 Å². The third-order valence-corrected chi connectivity index (χ3v) is 6.94. The Morgan fingerprint density at radius 3 is 1.98 bits per heavy atom. The van der Waals surface area contributed by atoms with Crippen LogP contribution in [0, 0.1) is 5.92 Å². The Hall–Kier alpha value is -4.06. The SMILES string of the molecule is CCN(Cc1ccccc1)c1ccc(NS(=O)(=O)c2ccc(CC(C)C)cc2)cc1C(=O)O.O=C(O)C(F)(F)F. The van der Waals surface area contributed by atoms with Crippen LogP contribution in [0.5, 0.6) is 0 Å². The second-order valence-corrected chi connectivity index (χ2v) is 10.9. The zero-order valence-electron chi connectivity index (χ0n) is 22.1. The fraction of sp³-hybridized carbons (Fsp3) is 0.286. The molecule has 3 N–H and O–H groups in total. The molecule has 0 spiro atoms. The van der Waals surface area contributed by atoms with Crippen molar-refractivity contribution in [3.63, 3.8) is 0 Å². The Bertz CT molecular complexity index is 1390. The maximum Gasteiger partial charge on any atom is 0.490 e. The second-order valence-electron chi connectivity index (χ2n) is 9.19. The zero-order valence-corrected chi connectivity index (χ0v) is 23.0. The van der Waals surface area contributed by atoms with Crippen LogP contribution in [0.4, 0.5) is 24.5 Å². The molecule has 0 amide bonds. The average Bonchev–Trinajstić information content (AvgIpc) is 2.87. The number of alkyl halides is 3. The van der Waals surface area contributed by atoms with E-state index in [1.165, 1.54) is 6.07 Å². The van der Waals surface area contributed by atoms with Gasteiger partial charge in [-0.1, -0.05) is 56.3 Å². The van der Waals surface area contributed by atoms with E-state index in [9.17, 15) is 31.5 Å². The molecule has 8 nitrogen and oxygen atoms in total. The fourth-order valence-electron chi connectivity index (χ4n) is 3.71. The number of anilines is 2. The van der Waals surface area contributed by atoms with Crippen molar-refractivity contribution in [3.8, 4) is 0 Å². The van der Waals surface area contributed by atoms with Crippen LogP contribution in [0.15, 0.2) is 77.7 Å². The van der Waals surface area contributed by atoms with Gasteiger partial charge in [-0.25, -0.2) is 18.0 Å². The molecule has 0 aliphatic rings. The number of nitrogens with zero attached hydrogens (tertiary/aromatic N) is 1. The molecule has 0 fully saturated rings. The Labute approximate surface area is 231 Å². The van der Waals surface area contributed by atoms with E-state index in [1.807, 2.05) is 54.3 Å². The first-order valence-corrected chi connectivity index (χ1v) is 13.7. The third kappa shape index (κ3) is 9.60. The van der Waals surface area contributed by atoms with Gasteiger partial charge < -0.3 is 15.1 Å². The van der Waals surface area contributed by atoms with E-state index in [-0.39, 0.29) is 16.1 Å². The van der Waals surface area contributed by atoms with E-state index in [2.05, 4.69) is 18.6 Å². The lowest BCUT2D eigenvalue weighted by Crippen LogP contribution is -2.24. The molecule has 216 valence electrons. The van der Waals surface area contributed by atoms with Crippen LogP contribution < -0.4 is 9.62 Å². The number of benzene rings is 3. The molecule has 0 saturated carbocycles. The van der Waals surface area contributed by atoms with E-state index >= 15 is 0 Å². The van der Waals surface area contributed by atoms with Gasteiger partial charge in [0.05, 0.1) is 16.1 Å². The van der Waals surface area contributed by atoms with Crippen molar-refractivity contribution >= 4 is 33.3 Å². The fourth-order valence-corrected chi connectivity index (χ4v) is 4.76. The highest BCUT2D eigenvalue weighted by atomic mass is 32.2. The van der Waals surface area contributed by atoms with E-state index in [0.717, 1.165) is 17.5 Å².